The highest BCUT2D eigenvalue weighted by Gasteiger charge is 2.04. The van der Waals surface area contributed by atoms with Gasteiger partial charge >= 0.3 is 0 Å². The zero-order valence-electron chi connectivity index (χ0n) is 9.92. The van der Waals surface area contributed by atoms with Crippen molar-refractivity contribution in [2.24, 2.45) is 0 Å². The van der Waals surface area contributed by atoms with Crippen molar-refractivity contribution in [1.29, 1.82) is 0 Å². The van der Waals surface area contributed by atoms with E-state index in [-0.39, 0.29) is 0 Å². The molecule has 2 nitrogen and oxygen atoms in total. The molecular formula is C13H21NO. The lowest BCUT2D eigenvalue weighted by Crippen LogP contribution is -2.33. The fraction of sp³-hybridized carbons (Fsp3) is 0.538. The Hall–Kier alpha value is -1.02. The Morgan fingerprint density at radius 3 is 2.73 bits per heavy atom. The summed E-state index contributed by atoms with van der Waals surface area (Å²) in [6, 6.07) is 8.63. The molecule has 0 bridgehead atoms. The number of likely N-dealkylation sites (N-methyl/N-ethyl adjacent to an activating group) is 1. The van der Waals surface area contributed by atoms with Gasteiger partial charge in [0.1, 0.15) is 12.4 Å². The molecule has 0 spiro atoms. The van der Waals surface area contributed by atoms with E-state index in [1.807, 2.05) is 12.1 Å². The van der Waals surface area contributed by atoms with Crippen LogP contribution >= 0.6 is 0 Å². The Morgan fingerprint density at radius 2 is 2.13 bits per heavy atom. The minimum Gasteiger partial charge on any atom is -0.492 e. The maximum absolute atomic E-state index is 5.73. The molecule has 1 aromatic rings. The first-order valence-corrected chi connectivity index (χ1v) is 5.69. The van der Waals surface area contributed by atoms with Gasteiger partial charge in [0.25, 0.3) is 0 Å². The van der Waals surface area contributed by atoms with Crippen LogP contribution in [0.2, 0.25) is 0 Å². The van der Waals surface area contributed by atoms with Crippen LogP contribution in [-0.2, 0) is 0 Å². The summed E-state index contributed by atoms with van der Waals surface area (Å²) in [4.78, 5) is 0. The van der Waals surface area contributed by atoms with Gasteiger partial charge in [-0.2, -0.15) is 0 Å². The molecule has 1 atom stereocenters. The molecule has 1 N–H and O–H groups in total. The lowest BCUT2D eigenvalue weighted by atomic mass is 10.2. The highest BCUT2D eigenvalue weighted by atomic mass is 16.5. The average Bonchev–Trinajstić information content (AvgIpc) is 2.24. The number of hydrogen-bond acceptors (Lipinski definition) is 2. The minimum absolute atomic E-state index is 0.454. The largest absolute Gasteiger partial charge is 0.492 e. The first-order chi connectivity index (χ1) is 7.26. The van der Waals surface area contributed by atoms with E-state index >= 15 is 0 Å². The summed E-state index contributed by atoms with van der Waals surface area (Å²) in [5, 5.41) is 3.39. The third kappa shape index (κ3) is 4.34. The molecule has 1 aromatic carbocycles. The second kappa shape index (κ2) is 6.46. The van der Waals surface area contributed by atoms with Gasteiger partial charge in [-0.05, 0) is 37.6 Å². The second-order valence-corrected chi connectivity index (χ2v) is 3.79. The molecule has 0 heterocycles. The van der Waals surface area contributed by atoms with Gasteiger partial charge in [0.15, 0.2) is 0 Å². The Bertz CT molecular complexity index is 286. The Labute approximate surface area is 92.6 Å². The molecule has 0 saturated carbocycles. The van der Waals surface area contributed by atoms with Crippen LogP contribution in [0.25, 0.3) is 0 Å². The predicted molar refractivity (Wildman–Crippen MR) is 64.4 cm³/mol. The molecule has 0 aliphatic heterocycles. The molecule has 15 heavy (non-hydrogen) atoms. The molecule has 0 amide bonds. The smallest absolute Gasteiger partial charge is 0.119 e. The third-order valence-electron chi connectivity index (χ3n) is 2.43. The minimum atomic E-state index is 0.454. The van der Waals surface area contributed by atoms with Crippen LogP contribution in [0.4, 0.5) is 0 Å². The van der Waals surface area contributed by atoms with Gasteiger partial charge < -0.3 is 10.1 Å². The van der Waals surface area contributed by atoms with Crippen molar-refractivity contribution in [2.45, 2.75) is 33.2 Å². The van der Waals surface area contributed by atoms with Crippen molar-refractivity contribution < 1.29 is 4.74 Å². The lowest BCUT2D eigenvalue weighted by Gasteiger charge is -2.16. The standard InChI is InChI=1S/C13H21NO/c1-4-12(14-5-2)10-15-13-8-6-7-11(3)9-13/h6-9,12,14H,4-5,10H2,1-3H3. The number of rotatable bonds is 6. The van der Waals surface area contributed by atoms with Gasteiger partial charge in [0.2, 0.25) is 0 Å². The topological polar surface area (TPSA) is 21.3 Å². The van der Waals surface area contributed by atoms with Crippen molar-refractivity contribution in [3.63, 3.8) is 0 Å². The van der Waals surface area contributed by atoms with Gasteiger partial charge in [-0.3, -0.25) is 0 Å². The maximum Gasteiger partial charge on any atom is 0.119 e. The summed E-state index contributed by atoms with van der Waals surface area (Å²) in [7, 11) is 0. The molecule has 1 unspecified atom stereocenters. The van der Waals surface area contributed by atoms with Crippen LogP contribution in [0, 0.1) is 6.92 Å². The molecule has 1 rings (SSSR count). The predicted octanol–water partition coefficient (Wildman–Crippen LogP) is 2.76. The monoisotopic (exact) mass is 207 g/mol. The first-order valence-electron chi connectivity index (χ1n) is 5.69. The van der Waals surface area contributed by atoms with Gasteiger partial charge in [0.05, 0.1) is 0 Å². The van der Waals surface area contributed by atoms with Crippen molar-refractivity contribution in [1.82, 2.24) is 5.32 Å². The van der Waals surface area contributed by atoms with Crippen LogP contribution in [0.15, 0.2) is 24.3 Å². The highest BCUT2D eigenvalue weighted by molar-refractivity contribution is 5.27. The summed E-state index contributed by atoms with van der Waals surface area (Å²) in [6.45, 7) is 8.11. The SMILES string of the molecule is CCNC(CC)COc1cccc(C)c1. The van der Waals surface area contributed by atoms with Crippen LogP contribution in [0.3, 0.4) is 0 Å². The quantitative estimate of drug-likeness (QED) is 0.774. The molecule has 2 heteroatoms. The van der Waals surface area contributed by atoms with Crippen molar-refractivity contribution in [3.8, 4) is 5.75 Å². The zero-order chi connectivity index (χ0) is 11.1. The number of hydrogen-bond donors (Lipinski definition) is 1. The molecule has 0 aromatic heterocycles. The number of ether oxygens (including phenoxy) is 1. The van der Waals surface area contributed by atoms with Crippen LogP contribution in [0.1, 0.15) is 25.8 Å². The van der Waals surface area contributed by atoms with Crippen molar-refractivity contribution in [2.75, 3.05) is 13.2 Å². The van der Waals surface area contributed by atoms with Crippen molar-refractivity contribution >= 4 is 0 Å². The zero-order valence-corrected chi connectivity index (χ0v) is 9.92. The van der Waals surface area contributed by atoms with Crippen LogP contribution in [0.5, 0.6) is 5.75 Å². The summed E-state index contributed by atoms with van der Waals surface area (Å²) < 4.78 is 5.73. The normalized spacial score (nSPS) is 12.5. The number of nitrogens with one attached hydrogen (secondary N) is 1. The molecule has 0 aliphatic carbocycles. The van der Waals surface area contributed by atoms with E-state index in [0.717, 1.165) is 25.3 Å². The van der Waals surface area contributed by atoms with Gasteiger partial charge in [-0.1, -0.05) is 26.0 Å². The van der Waals surface area contributed by atoms with Crippen LogP contribution < -0.4 is 10.1 Å². The highest BCUT2D eigenvalue weighted by Crippen LogP contribution is 2.12. The first kappa shape index (κ1) is 12.1. The summed E-state index contributed by atoms with van der Waals surface area (Å²) in [5.41, 5.74) is 1.24. The Balaban J connectivity index is 2.41. The van der Waals surface area contributed by atoms with E-state index in [0.29, 0.717) is 6.04 Å². The molecule has 0 radical (unpaired) electrons. The number of aryl methyl sites for hydroxylation is 1. The van der Waals surface area contributed by atoms with E-state index in [9.17, 15) is 0 Å². The van der Waals surface area contributed by atoms with E-state index in [1.165, 1.54) is 5.56 Å². The van der Waals surface area contributed by atoms with E-state index in [1.54, 1.807) is 0 Å². The van der Waals surface area contributed by atoms with E-state index in [4.69, 9.17) is 4.74 Å². The molecule has 0 saturated heterocycles. The molecular weight excluding hydrogens is 186 g/mol. The average molecular weight is 207 g/mol. The summed E-state index contributed by atoms with van der Waals surface area (Å²) in [5.74, 6) is 0.964. The van der Waals surface area contributed by atoms with Gasteiger partial charge in [0, 0.05) is 6.04 Å². The Morgan fingerprint density at radius 1 is 1.33 bits per heavy atom. The summed E-state index contributed by atoms with van der Waals surface area (Å²) in [6.07, 6.45) is 1.10. The molecule has 84 valence electrons. The molecule has 0 aliphatic rings. The van der Waals surface area contributed by atoms with Gasteiger partial charge in [-0.25, -0.2) is 0 Å². The van der Waals surface area contributed by atoms with Gasteiger partial charge in [-0.15, -0.1) is 0 Å². The van der Waals surface area contributed by atoms with E-state index < -0.39 is 0 Å². The Kier molecular flexibility index (Phi) is 5.19. The van der Waals surface area contributed by atoms with Crippen LogP contribution in [-0.4, -0.2) is 19.2 Å². The number of benzene rings is 1. The van der Waals surface area contributed by atoms with E-state index in [2.05, 4.69) is 38.2 Å². The van der Waals surface area contributed by atoms with Crippen molar-refractivity contribution in [3.05, 3.63) is 29.8 Å². The lowest BCUT2D eigenvalue weighted by molar-refractivity contribution is 0.262. The summed E-state index contributed by atoms with van der Waals surface area (Å²) >= 11 is 0. The third-order valence-corrected chi connectivity index (χ3v) is 2.43. The second-order valence-electron chi connectivity index (χ2n) is 3.79. The maximum atomic E-state index is 5.73. The molecule has 0 fully saturated rings. The fourth-order valence-corrected chi connectivity index (χ4v) is 1.51. The fourth-order valence-electron chi connectivity index (χ4n) is 1.51.